The van der Waals surface area contributed by atoms with Gasteiger partial charge in [0.05, 0.1) is 5.41 Å². The van der Waals surface area contributed by atoms with E-state index in [4.69, 9.17) is 19.7 Å². The molecule has 4 heteroatoms. The van der Waals surface area contributed by atoms with Crippen molar-refractivity contribution in [3.63, 3.8) is 0 Å². The first-order valence-electron chi connectivity index (χ1n) is 18.9. The molecule has 8 aromatic carbocycles. The van der Waals surface area contributed by atoms with E-state index in [0.717, 1.165) is 61.6 Å². The Balaban J connectivity index is 1.07. The van der Waals surface area contributed by atoms with Crippen molar-refractivity contribution in [1.29, 1.82) is 0 Å². The highest BCUT2D eigenvalue weighted by Gasteiger charge is 2.50. The van der Waals surface area contributed by atoms with Gasteiger partial charge in [-0.05, 0) is 56.6 Å². The Morgan fingerprint density at radius 1 is 0.286 bits per heavy atom. The number of hydrogen-bond donors (Lipinski definition) is 0. The molecule has 1 aliphatic carbocycles. The Morgan fingerprint density at radius 3 is 1.20 bits per heavy atom. The van der Waals surface area contributed by atoms with Crippen LogP contribution in [-0.2, 0) is 5.41 Å². The van der Waals surface area contributed by atoms with Gasteiger partial charge in [-0.1, -0.05) is 188 Å². The zero-order chi connectivity index (χ0) is 37.1. The molecule has 0 atom stereocenters. The molecule has 0 bridgehead atoms. The average molecular weight is 716 g/mol. The molecule has 0 saturated carbocycles. The molecule has 11 rings (SSSR count). The van der Waals surface area contributed by atoms with Crippen molar-refractivity contribution in [2.45, 2.75) is 5.41 Å². The van der Waals surface area contributed by atoms with Crippen molar-refractivity contribution in [2.24, 2.45) is 0 Å². The van der Waals surface area contributed by atoms with E-state index >= 15 is 0 Å². The van der Waals surface area contributed by atoms with Crippen LogP contribution in [0.15, 0.2) is 200 Å². The number of hydrogen-bond acceptors (Lipinski definition) is 4. The number of ether oxygens (including phenoxy) is 1. The largest absolute Gasteiger partial charge is 0.457 e. The molecule has 0 fully saturated rings. The molecule has 2 aliphatic rings. The van der Waals surface area contributed by atoms with Crippen LogP contribution in [0.1, 0.15) is 22.3 Å². The van der Waals surface area contributed by atoms with Gasteiger partial charge in [0.1, 0.15) is 11.5 Å². The summed E-state index contributed by atoms with van der Waals surface area (Å²) >= 11 is 0. The topological polar surface area (TPSA) is 47.9 Å². The van der Waals surface area contributed by atoms with E-state index in [1.54, 1.807) is 0 Å². The van der Waals surface area contributed by atoms with Gasteiger partial charge in [0.2, 0.25) is 0 Å². The third-order valence-corrected chi connectivity index (χ3v) is 11.2. The fourth-order valence-electron chi connectivity index (χ4n) is 8.65. The quantitative estimate of drug-likeness (QED) is 0.178. The Bertz CT molecular complexity index is 2770. The fourth-order valence-corrected chi connectivity index (χ4v) is 8.65. The molecule has 0 N–H and O–H groups in total. The lowest BCUT2D eigenvalue weighted by molar-refractivity contribution is 0.436. The lowest BCUT2D eigenvalue weighted by Gasteiger charge is -2.39. The maximum atomic E-state index is 6.83. The summed E-state index contributed by atoms with van der Waals surface area (Å²) < 4.78 is 6.83. The second-order valence-corrected chi connectivity index (χ2v) is 14.3. The molecule has 2 heterocycles. The van der Waals surface area contributed by atoms with Crippen molar-refractivity contribution < 1.29 is 4.74 Å². The minimum atomic E-state index is -0.535. The number of rotatable bonds is 5. The molecule has 0 amide bonds. The first-order valence-corrected chi connectivity index (χ1v) is 18.9. The highest BCUT2D eigenvalue weighted by atomic mass is 16.5. The zero-order valence-corrected chi connectivity index (χ0v) is 30.3. The minimum Gasteiger partial charge on any atom is -0.457 e. The van der Waals surface area contributed by atoms with Gasteiger partial charge in [-0.15, -0.1) is 0 Å². The highest BCUT2D eigenvalue weighted by Crippen LogP contribution is 2.62. The molecule has 4 nitrogen and oxygen atoms in total. The van der Waals surface area contributed by atoms with Crippen LogP contribution in [0.25, 0.3) is 67.5 Å². The van der Waals surface area contributed by atoms with E-state index in [1.165, 1.54) is 22.3 Å². The summed E-state index contributed by atoms with van der Waals surface area (Å²) in [5, 5.41) is 0. The third-order valence-electron chi connectivity index (χ3n) is 11.2. The van der Waals surface area contributed by atoms with Crippen molar-refractivity contribution in [2.75, 3.05) is 0 Å². The van der Waals surface area contributed by atoms with Gasteiger partial charge in [-0.2, -0.15) is 0 Å². The van der Waals surface area contributed by atoms with E-state index in [0.29, 0.717) is 17.5 Å². The Morgan fingerprint density at radius 2 is 0.661 bits per heavy atom. The van der Waals surface area contributed by atoms with Gasteiger partial charge < -0.3 is 4.74 Å². The van der Waals surface area contributed by atoms with Crippen LogP contribution >= 0.6 is 0 Å². The molecule has 56 heavy (non-hydrogen) atoms. The summed E-state index contributed by atoms with van der Waals surface area (Å²) in [5.41, 5.74) is 14.0. The van der Waals surface area contributed by atoms with Gasteiger partial charge >= 0.3 is 0 Å². The summed E-state index contributed by atoms with van der Waals surface area (Å²) in [6.45, 7) is 0. The van der Waals surface area contributed by atoms with Crippen molar-refractivity contribution in [3.05, 3.63) is 222 Å². The van der Waals surface area contributed by atoms with E-state index in [2.05, 4.69) is 182 Å². The van der Waals surface area contributed by atoms with Crippen LogP contribution < -0.4 is 4.74 Å². The third kappa shape index (κ3) is 5.04. The monoisotopic (exact) mass is 715 g/mol. The molecule has 9 aromatic rings. The molecule has 1 aromatic heterocycles. The molecule has 0 radical (unpaired) electrons. The van der Waals surface area contributed by atoms with Gasteiger partial charge in [0.15, 0.2) is 17.5 Å². The molecular formula is C52H33N3O. The van der Waals surface area contributed by atoms with Gasteiger partial charge in [0.25, 0.3) is 0 Å². The summed E-state index contributed by atoms with van der Waals surface area (Å²) in [6, 6.07) is 70.1. The minimum absolute atomic E-state index is 0.535. The van der Waals surface area contributed by atoms with Crippen LogP contribution in [0, 0.1) is 0 Å². The van der Waals surface area contributed by atoms with Gasteiger partial charge in [-0.25, -0.2) is 15.0 Å². The normalized spacial score (nSPS) is 12.9. The first kappa shape index (κ1) is 32.0. The molecule has 262 valence electrons. The van der Waals surface area contributed by atoms with Crippen molar-refractivity contribution >= 4 is 0 Å². The zero-order valence-electron chi connectivity index (χ0n) is 30.3. The van der Waals surface area contributed by atoms with E-state index < -0.39 is 5.41 Å². The van der Waals surface area contributed by atoms with Crippen LogP contribution in [-0.4, -0.2) is 15.0 Å². The summed E-state index contributed by atoms with van der Waals surface area (Å²) in [6.07, 6.45) is 0. The number of benzene rings is 8. The maximum absolute atomic E-state index is 6.83. The van der Waals surface area contributed by atoms with Crippen LogP contribution in [0.2, 0.25) is 0 Å². The fraction of sp³-hybridized carbons (Fsp3) is 0.0192. The highest BCUT2D eigenvalue weighted by molar-refractivity contribution is 5.89. The molecule has 1 spiro atoms. The van der Waals surface area contributed by atoms with Crippen LogP contribution in [0.5, 0.6) is 11.5 Å². The molecule has 0 unspecified atom stereocenters. The van der Waals surface area contributed by atoms with Crippen LogP contribution in [0.3, 0.4) is 0 Å². The predicted octanol–water partition coefficient (Wildman–Crippen LogP) is 12.7. The number of para-hydroxylation sites is 1. The Kier molecular flexibility index (Phi) is 7.36. The molecule has 0 saturated heterocycles. The predicted molar refractivity (Wildman–Crippen MR) is 224 cm³/mol. The van der Waals surface area contributed by atoms with E-state index in [9.17, 15) is 0 Å². The van der Waals surface area contributed by atoms with Gasteiger partial charge in [0, 0.05) is 27.8 Å². The van der Waals surface area contributed by atoms with Crippen molar-refractivity contribution in [3.8, 4) is 79.0 Å². The Hall–Kier alpha value is -7.43. The smallest absolute Gasteiger partial charge is 0.164 e. The number of aromatic nitrogens is 3. The summed E-state index contributed by atoms with van der Waals surface area (Å²) in [5.74, 6) is 3.43. The first-order chi connectivity index (χ1) is 27.7. The second-order valence-electron chi connectivity index (χ2n) is 14.3. The lowest BCUT2D eigenvalue weighted by atomic mass is 9.66. The average Bonchev–Trinajstić information content (AvgIpc) is 3.57. The molecular weight excluding hydrogens is 683 g/mol. The Labute approximate surface area is 325 Å². The maximum Gasteiger partial charge on any atom is 0.164 e. The van der Waals surface area contributed by atoms with E-state index in [-0.39, 0.29) is 0 Å². The van der Waals surface area contributed by atoms with Gasteiger partial charge in [-0.3, -0.25) is 0 Å². The standard InChI is InChI=1S/C52H33N3O/c1-3-13-34(14-4-1)36-23-27-38(28-24-36)49-53-50(39-29-25-37(26-30-39)35-15-5-2-6-16-35)55-51(54-49)40-31-32-46-48(33-40)56-47-22-12-11-21-45(47)52(46)43-19-9-7-17-41(43)42-18-8-10-20-44(42)52/h1-33H. The summed E-state index contributed by atoms with van der Waals surface area (Å²) in [4.78, 5) is 15.4. The van der Waals surface area contributed by atoms with Crippen molar-refractivity contribution in [1.82, 2.24) is 15.0 Å². The number of fused-ring (bicyclic) bond motifs is 9. The molecule has 1 aliphatic heterocycles. The number of nitrogens with zero attached hydrogens (tertiary/aromatic N) is 3. The second kappa shape index (κ2) is 12.9. The van der Waals surface area contributed by atoms with Crippen LogP contribution in [0.4, 0.5) is 0 Å². The SMILES string of the molecule is c1ccc(-c2ccc(-c3nc(-c4ccc(-c5ccccc5)cc4)nc(-c4ccc5c(c4)Oc4ccccc4C54c5ccccc5-c5ccccc54)n3)cc2)cc1. The van der Waals surface area contributed by atoms with E-state index in [1.807, 2.05) is 18.2 Å². The summed E-state index contributed by atoms with van der Waals surface area (Å²) in [7, 11) is 0. The lowest BCUT2D eigenvalue weighted by Crippen LogP contribution is -2.32.